The lowest BCUT2D eigenvalue weighted by Crippen LogP contribution is -2.02. The number of hydrogen-bond acceptors (Lipinski definition) is 2. The summed E-state index contributed by atoms with van der Waals surface area (Å²) < 4.78 is 37.3. The number of hydrogen-bond donors (Lipinski definition) is 1. The summed E-state index contributed by atoms with van der Waals surface area (Å²) in [6, 6.07) is 0. The van der Waals surface area contributed by atoms with Crippen LogP contribution in [-0.4, -0.2) is 10.1 Å². The van der Waals surface area contributed by atoms with Crippen LogP contribution >= 0.6 is 15.9 Å². The zero-order valence-electron chi connectivity index (χ0n) is 6.27. The highest BCUT2D eigenvalue weighted by molar-refractivity contribution is 9.10. The van der Waals surface area contributed by atoms with Gasteiger partial charge >= 0.3 is 0 Å². The molecular formula is C7H5BrF3NO. The fourth-order valence-corrected chi connectivity index (χ4v) is 1.20. The van der Waals surface area contributed by atoms with Crippen molar-refractivity contribution in [2.45, 2.75) is 13.0 Å². The third kappa shape index (κ3) is 2.00. The van der Waals surface area contributed by atoms with Crippen LogP contribution in [0.1, 0.15) is 17.7 Å². The molecule has 13 heavy (non-hydrogen) atoms. The molecule has 0 radical (unpaired) electrons. The van der Waals surface area contributed by atoms with Gasteiger partial charge in [0.1, 0.15) is 11.5 Å². The van der Waals surface area contributed by atoms with Gasteiger partial charge in [0.25, 0.3) is 6.43 Å². The number of halogens is 4. The van der Waals surface area contributed by atoms with Gasteiger partial charge in [0.2, 0.25) is 0 Å². The van der Waals surface area contributed by atoms with Crippen LogP contribution in [0.25, 0.3) is 0 Å². The molecule has 0 saturated carbocycles. The maximum atomic E-state index is 13.0. The molecule has 1 rings (SSSR count). The Hall–Kier alpha value is -0.620. The molecule has 6 heteroatoms. The fraction of sp³-hybridized carbons (Fsp3) is 0.286. The van der Waals surface area contributed by atoms with Gasteiger partial charge in [-0.05, 0) is 15.9 Å². The zero-order valence-corrected chi connectivity index (χ0v) is 7.85. The molecular weight excluding hydrogens is 251 g/mol. The summed E-state index contributed by atoms with van der Waals surface area (Å²) in [4.78, 5) is 3.31. The van der Waals surface area contributed by atoms with Crippen molar-refractivity contribution in [3.8, 4) is 0 Å². The first-order valence-electron chi connectivity index (χ1n) is 3.29. The highest BCUT2D eigenvalue weighted by Gasteiger charge is 2.19. The molecule has 0 spiro atoms. The van der Waals surface area contributed by atoms with Crippen molar-refractivity contribution in [1.82, 2.24) is 4.98 Å². The molecule has 0 fully saturated rings. The molecule has 1 aromatic heterocycles. The van der Waals surface area contributed by atoms with E-state index in [9.17, 15) is 13.2 Å². The average Bonchev–Trinajstić information content (AvgIpc) is 2.09. The van der Waals surface area contributed by atoms with Gasteiger partial charge in [0, 0.05) is 11.8 Å². The first kappa shape index (κ1) is 10.5. The minimum atomic E-state index is -2.88. The van der Waals surface area contributed by atoms with Crippen LogP contribution in [0.5, 0.6) is 0 Å². The van der Waals surface area contributed by atoms with Crippen molar-refractivity contribution < 1.29 is 18.3 Å². The molecule has 0 aliphatic heterocycles. The van der Waals surface area contributed by atoms with Crippen LogP contribution in [0, 0.1) is 5.82 Å². The van der Waals surface area contributed by atoms with Crippen molar-refractivity contribution in [3.05, 3.63) is 27.7 Å². The number of pyridine rings is 1. The lowest BCUT2D eigenvalue weighted by molar-refractivity contribution is 0.140. The maximum absolute atomic E-state index is 13.0. The van der Waals surface area contributed by atoms with Gasteiger partial charge in [-0.3, -0.25) is 4.98 Å². The Kier molecular flexibility index (Phi) is 3.27. The van der Waals surface area contributed by atoms with Crippen LogP contribution in [-0.2, 0) is 6.61 Å². The molecule has 72 valence electrons. The normalized spacial score (nSPS) is 10.9. The molecule has 0 aliphatic rings. The van der Waals surface area contributed by atoms with Crippen molar-refractivity contribution in [1.29, 1.82) is 0 Å². The second kappa shape index (κ2) is 4.06. The van der Waals surface area contributed by atoms with Crippen molar-refractivity contribution in [2.24, 2.45) is 0 Å². The van der Waals surface area contributed by atoms with Crippen LogP contribution in [0.4, 0.5) is 13.2 Å². The number of nitrogens with zero attached hydrogens (tertiary/aromatic N) is 1. The van der Waals surface area contributed by atoms with E-state index in [2.05, 4.69) is 20.9 Å². The largest absolute Gasteiger partial charge is 0.391 e. The first-order valence-corrected chi connectivity index (χ1v) is 4.09. The van der Waals surface area contributed by atoms with E-state index in [1.165, 1.54) is 0 Å². The van der Waals surface area contributed by atoms with Crippen molar-refractivity contribution in [2.75, 3.05) is 0 Å². The van der Waals surface area contributed by atoms with Gasteiger partial charge in [-0.1, -0.05) is 0 Å². The summed E-state index contributed by atoms with van der Waals surface area (Å²) in [5.74, 6) is -0.896. The number of aromatic nitrogens is 1. The summed E-state index contributed by atoms with van der Waals surface area (Å²) in [7, 11) is 0. The highest BCUT2D eigenvalue weighted by atomic mass is 79.9. The Balaban J connectivity index is 3.30. The minimum absolute atomic E-state index is 0.0408. The van der Waals surface area contributed by atoms with Gasteiger partial charge < -0.3 is 5.11 Å². The van der Waals surface area contributed by atoms with Gasteiger partial charge in [0.05, 0.1) is 11.1 Å². The number of aliphatic hydroxyl groups excluding tert-OH is 1. The van der Waals surface area contributed by atoms with E-state index in [0.29, 0.717) is 0 Å². The lowest BCUT2D eigenvalue weighted by Gasteiger charge is -2.06. The van der Waals surface area contributed by atoms with Crippen LogP contribution < -0.4 is 0 Å². The predicted octanol–water partition coefficient (Wildman–Crippen LogP) is 2.41. The third-order valence-electron chi connectivity index (χ3n) is 1.47. The van der Waals surface area contributed by atoms with E-state index in [1.54, 1.807) is 0 Å². The molecule has 1 heterocycles. The zero-order chi connectivity index (χ0) is 10.0. The Morgan fingerprint density at radius 2 is 2.15 bits per heavy atom. The summed E-state index contributed by atoms with van der Waals surface area (Å²) in [6.45, 7) is -0.794. The summed E-state index contributed by atoms with van der Waals surface area (Å²) >= 11 is 2.78. The molecule has 0 amide bonds. The monoisotopic (exact) mass is 255 g/mol. The molecule has 0 aromatic carbocycles. The average molecular weight is 256 g/mol. The molecule has 2 nitrogen and oxygen atoms in total. The van der Waals surface area contributed by atoms with Gasteiger partial charge in [-0.2, -0.15) is 0 Å². The Morgan fingerprint density at radius 3 is 2.62 bits per heavy atom. The molecule has 0 aliphatic carbocycles. The van der Waals surface area contributed by atoms with Gasteiger partial charge in [-0.25, -0.2) is 13.2 Å². The third-order valence-corrected chi connectivity index (χ3v) is 2.02. The standard InChI is InChI=1S/C7H5BrF3NO/c8-4-1-12-6(7(10)11)3(2-13)5(4)9/h1,7,13H,2H2. The summed E-state index contributed by atoms with van der Waals surface area (Å²) in [6.07, 6.45) is -1.94. The number of rotatable bonds is 2. The van der Waals surface area contributed by atoms with E-state index in [4.69, 9.17) is 5.11 Å². The highest BCUT2D eigenvalue weighted by Crippen LogP contribution is 2.26. The molecule has 1 N–H and O–H groups in total. The molecule has 0 atom stereocenters. The Labute approximate surface area is 80.5 Å². The summed E-state index contributed by atoms with van der Waals surface area (Å²) in [5.41, 5.74) is -1.19. The van der Waals surface area contributed by atoms with E-state index in [0.717, 1.165) is 6.20 Å². The number of aliphatic hydroxyl groups is 1. The molecule has 0 unspecified atom stereocenters. The number of alkyl halides is 2. The molecule has 1 aromatic rings. The Bertz CT molecular complexity index is 319. The van der Waals surface area contributed by atoms with E-state index in [1.807, 2.05) is 0 Å². The first-order chi connectivity index (χ1) is 6.07. The van der Waals surface area contributed by atoms with E-state index in [-0.39, 0.29) is 4.47 Å². The smallest absolute Gasteiger partial charge is 0.280 e. The van der Waals surface area contributed by atoms with Gasteiger partial charge in [-0.15, -0.1) is 0 Å². The van der Waals surface area contributed by atoms with E-state index >= 15 is 0 Å². The maximum Gasteiger partial charge on any atom is 0.280 e. The van der Waals surface area contributed by atoms with Crippen LogP contribution in [0.3, 0.4) is 0 Å². The minimum Gasteiger partial charge on any atom is -0.391 e. The van der Waals surface area contributed by atoms with Crippen molar-refractivity contribution >= 4 is 15.9 Å². The fourth-order valence-electron chi connectivity index (χ4n) is 0.856. The predicted molar refractivity (Wildman–Crippen MR) is 42.8 cm³/mol. The SMILES string of the molecule is OCc1c(C(F)F)ncc(Br)c1F. The topological polar surface area (TPSA) is 33.1 Å². The van der Waals surface area contributed by atoms with Crippen LogP contribution in [0.15, 0.2) is 10.7 Å². The van der Waals surface area contributed by atoms with Gasteiger partial charge in [0.15, 0.2) is 0 Å². The molecule has 0 saturated heterocycles. The Morgan fingerprint density at radius 1 is 1.54 bits per heavy atom. The molecule has 0 bridgehead atoms. The second-order valence-electron chi connectivity index (χ2n) is 2.24. The van der Waals surface area contributed by atoms with Crippen molar-refractivity contribution in [3.63, 3.8) is 0 Å². The lowest BCUT2D eigenvalue weighted by atomic mass is 10.2. The quantitative estimate of drug-likeness (QED) is 0.881. The van der Waals surface area contributed by atoms with E-state index < -0.39 is 30.1 Å². The second-order valence-corrected chi connectivity index (χ2v) is 3.10. The summed E-state index contributed by atoms with van der Waals surface area (Å²) in [5, 5.41) is 8.64. The van der Waals surface area contributed by atoms with Crippen LogP contribution in [0.2, 0.25) is 0 Å².